The number of nitro benzene ring substituents is 1. The predicted octanol–water partition coefficient (Wildman–Crippen LogP) is 4.50. The summed E-state index contributed by atoms with van der Waals surface area (Å²) < 4.78 is 28.0. The fraction of sp³-hybridized carbons (Fsp3) is 0.182. The second kappa shape index (κ2) is 15.5. The molecule has 3 N–H and O–H groups in total. The van der Waals surface area contributed by atoms with Gasteiger partial charge in [-0.05, 0) is 59.5 Å². The summed E-state index contributed by atoms with van der Waals surface area (Å²) in [5, 5.41) is 34.3. The van der Waals surface area contributed by atoms with Crippen LogP contribution < -0.4 is 14.9 Å². The molecule has 1 aliphatic heterocycles. The quantitative estimate of drug-likeness (QED) is 0.0698. The summed E-state index contributed by atoms with van der Waals surface area (Å²) in [6.07, 6.45) is 2.95. The van der Waals surface area contributed by atoms with Crippen LogP contribution in [-0.2, 0) is 10.0 Å². The average molecular weight is 747 g/mol. The van der Waals surface area contributed by atoms with E-state index in [0.29, 0.717) is 54.7 Å². The van der Waals surface area contributed by atoms with E-state index in [1.54, 1.807) is 35.0 Å². The third-order valence-corrected chi connectivity index (χ3v) is 11.0. The monoisotopic (exact) mass is 746 g/mol. The number of thiophene rings is 1. The van der Waals surface area contributed by atoms with Crippen molar-refractivity contribution < 1.29 is 28.0 Å². The lowest BCUT2D eigenvalue weighted by atomic mass is 10.1. The van der Waals surface area contributed by atoms with Gasteiger partial charge in [-0.3, -0.25) is 24.7 Å². The minimum Gasteiger partial charge on any atom is -0.506 e. The van der Waals surface area contributed by atoms with E-state index in [9.17, 15) is 33.2 Å². The number of rotatable bonds is 12. The summed E-state index contributed by atoms with van der Waals surface area (Å²) in [6.45, 7) is 2.11. The molecular formula is C33H30N8O7S3. The summed E-state index contributed by atoms with van der Waals surface area (Å²) in [7, 11) is -4.49. The first-order valence-corrected chi connectivity index (χ1v) is 18.8. The number of pyridine rings is 1. The van der Waals surface area contributed by atoms with E-state index >= 15 is 0 Å². The molecule has 2 aromatic carbocycles. The fourth-order valence-electron chi connectivity index (χ4n) is 5.18. The number of benzene rings is 2. The van der Waals surface area contributed by atoms with E-state index in [2.05, 4.69) is 20.5 Å². The van der Waals surface area contributed by atoms with Crippen LogP contribution >= 0.6 is 23.1 Å². The molecule has 2 amide bonds. The third kappa shape index (κ3) is 8.59. The van der Waals surface area contributed by atoms with Crippen LogP contribution in [0.2, 0.25) is 0 Å². The van der Waals surface area contributed by atoms with Gasteiger partial charge in [-0.15, -0.1) is 33.3 Å². The number of amides is 2. The van der Waals surface area contributed by atoms with Crippen molar-refractivity contribution in [3.8, 4) is 16.9 Å². The lowest BCUT2D eigenvalue weighted by Gasteiger charge is -2.35. The van der Waals surface area contributed by atoms with Gasteiger partial charge in [0.25, 0.3) is 27.5 Å². The number of aromatic hydroxyl groups is 1. The smallest absolute Gasteiger partial charge is 0.293 e. The Balaban J connectivity index is 1.02. The lowest BCUT2D eigenvalue weighted by molar-refractivity contribution is -0.384. The van der Waals surface area contributed by atoms with Gasteiger partial charge in [0.05, 0.1) is 20.9 Å². The first-order valence-electron chi connectivity index (χ1n) is 15.5. The van der Waals surface area contributed by atoms with Gasteiger partial charge in [-0.25, -0.2) is 13.1 Å². The maximum Gasteiger partial charge on any atom is 0.293 e. The molecule has 0 bridgehead atoms. The molecule has 0 atom stereocenters. The Bertz CT molecular complexity index is 2160. The highest BCUT2D eigenvalue weighted by atomic mass is 32.2. The third-order valence-electron chi connectivity index (χ3n) is 7.77. The molecule has 262 valence electrons. The Kier molecular flexibility index (Phi) is 10.7. The van der Waals surface area contributed by atoms with E-state index in [4.69, 9.17) is 0 Å². The number of nitro groups is 1. The first kappa shape index (κ1) is 35.2. The van der Waals surface area contributed by atoms with Crippen molar-refractivity contribution in [2.75, 3.05) is 48.7 Å². The molecule has 0 unspecified atom stereocenters. The van der Waals surface area contributed by atoms with Gasteiger partial charge < -0.3 is 20.2 Å². The van der Waals surface area contributed by atoms with Gasteiger partial charge >= 0.3 is 0 Å². The predicted molar refractivity (Wildman–Crippen MR) is 193 cm³/mol. The summed E-state index contributed by atoms with van der Waals surface area (Å²) >= 11 is 2.88. The number of thioether (sulfide) groups is 1. The Morgan fingerprint density at radius 3 is 2.45 bits per heavy atom. The molecule has 0 spiro atoms. The topological polar surface area (TPSA) is 201 Å². The number of nitrogens with zero attached hydrogens (tertiary/aromatic N) is 6. The highest BCUT2D eigenvalue weighted by Crippen LogP contribution is 2.30. The zero-order chi connectivity index (χ0) is 36.0. The van der Waals surface area contributed by atoms with E-state index in [-0.39, 0.29) is 23.0 Å². The largest absolute Gasteiger partial charge is 0.506 e. The van der Waals surface area contributed by atoms with Crippen LogP contribution in [0.3, 0.4) is 0 Å². The molecule has 3 aromatic heterocycles. The number of piperazine rings is 1. The number of hydrogen-bond acceptors (Lipinski definition) is 14. The number of anilines is 2. The number of aromatic nitrogens is 3. The number of carbonyl (C=O) groups excluding carboxylic acids is 2. The summed E-state index contributed by atoms with van der Waals surface area (Å²) in [6, 6.07) is 19.2. The molecule has 0 saturated carbocycles. The Morgan fingerprint density at radius 1 is 0.961 bits per heavy atom. The normalized spacial score (nSPS) is 13.1. The van der Waals surface area contributed by atoms with Gasteiger partial charge in [-0.1, -0.05) is 18.2 Å². The molecule has 18 heteroatoms. The van der Waals surface area contributed by atoms with Gasteiger partial charge in [0.1, 0.15) is 11.4 Å². The second-order valence-electron chi connectivity index (χ2n) is 11.1. The minimum absolute atomic E-state index is 0.0391. The molecule has 1 aliphatic rings. The van der Waals surface area contributed by atoms with Crippen LogP contribution in [0.15, 0.2) is 100 Å². The molecule has 1 saturated heterocycles. The van der Waals surface area contributed by atoms with E-state index in [1.807, 2.05) is 45.3 Å². The van der Waals surface area contributed by atoms with Crippen LogP contribution in [0.4, 0.5) is 17.2 Å². The van der Waals surface area contributed by atoms with Crippen molar-refractivity contribution in [3.05, 3.63) is 111 Å². The maximum atomic E-state index is 13.2. The molecule has 51 heavy (non-hydrogen) atoms. The zero-order valence-electron chi connectivity index (χ0n) is 26.7. The summed E-state index contributed by atoms with van der Waals surface area (Å²) in [5.41, 5.74) is 0.921. The van der Waals surface area contributed by atoms with E-state index in [1.165, 1.54) is 41.8 Å². The number of hydrogen-bond donors (Lipinski definition) is 3. The van der Waals surface area contributed by atoms with Crippen LogP contribution in [-0.4, -0.2) is 88.8 Å². The van der Waals surface area contributed by atoms with Gasteiger partial charge in [0.15, 0.2) is 11.5 Å². The standard InChI is InChI=1S/C33H30N8O7S3/c42-24-16-22(19-34-20-24)23-17-30(50-21-23)33(44)40-13-11-39(12-14-40)31-9-8-28(36-37-31)32(43)38-51(47,48)26-6-7-27(29(18-26)41(45)46)35-10-15-49-25-4-2-1-3-5-25/h1-9,16-21,35,42H,10-15H2,(H,38,43). The molecule has 1 fully saturated rings. The number of nitrogens with one attached hydrogen (secondary N) is 2. The minimum atomic E-state index is -4.49. The highest BCUT2D eigenvalue weighted by molar-refractivity contribution is 7.99. The summed E-state index contributed by atoms with van der Waals surface area (Å²) in [4.78, 5) is 45.8. The zero-order valence-corrected chi connectivity index (χ0v) is 29.2. The lowest BCUT2D eigenvalue weighted by Crippen LogP contribution is -2.49. The average Bonchev–Trinajstić information content (AvgIpc) is 3.64. The van der Waals surface area contributed by atoms with Gasteiger partial charge in [-0.2, -0.15) is 0 Å². The van der Waals surface area contributed by atoms with Gasteiger partial charge in [0, 0.05) is 61.2 Å². The van der Waals surface area contributed by atoms with Crippen molar-refractivity contribution in [1.29, 1.82) is 0 Å². The number of carbonyl (C=O) groups is 2. The van der Waals surface area contributed by atoms with Crippen LogP contribution in [0.25, 0.3) is 11.1 Å². The molecule has 5 aromatic rings. The Morgan fingerprint density at radius 2 is 1.75 bits per heavy atom. The van der Waals surface area contributed by atoms with Crippen molar-refractivity contribution in [2.45, 2.75) is 9.79 Å². The Hall–Kier alpha value is -5.59. The van der Waals surface area contributed by atoms with Crippen LogP contribution in [0, 0.1) is 10.1 Å². The Labute approximate surface area is 300 Å². The first-order chi connectivity index (χ1) is 24.6. The molecule has 0 aliphatic carbocycles. The van der Waals surface area contributed by atoms with Crippen molar-refractivity contribution in [2.24, 2.45) is 0 Å². The second-order valence-corrected chi connectivity index (χ2v) is 14.9. The molecule has 4 heterocycles. The molecule has 0 radical (unpaired) electrons. The van der Waals surface area contributed by atoms with E-state index < -0.39 is 31.4 Å². The molecule has 15 nitrogen and oxygen atoms in total. The van der Waals surface area contributed by atoms with Crippen LogP contribution in [0.5, 0.6) is 5.75 Å². The summed E-state index contributed by atoms with van der Waals surface area (Å²) in [5.74, 6) is -0.0728. The van der Waals surface area contributed by atoms with E-state index in [0.717, 1.165) is 16.5 Å². The molecular weight excluding hydrogens is 717 g/mol. The van der Waals surface area contributed by atoms with Crippen molar-refractivity contribution >= 4 is 62.1 Å². The van der Waals surface area contributed by atoms with Gasteiger partial charge in [0.2, 0.25) is 0 Å². The van der Waals surface area contributed by atoms with Crippen molar-refractivity contribution in [1.82, 2.24) is 24.8 Å². The van der Waals surface area contributed by atoms with Crippen molar-refractivity contribution in [3.63, 3.8) is 0 Å². The fourth-order valence-corrected chi connectivity index (χ4v) is 7.83. The van der Waals surface area contributed by atoms with Crippen LogP contribution in [0.1, 0.15) is 20.2 Å². The molecule has 6 rings (SSSR count). The SMILES string of the molecule is O=C(NS(=O)(=O)c1ccc(NCCSc2ccccc2)c([N+](=O)[O-])c1)c1ccc(N2CCN(C(=O)c3cc(-c4cncc(O)c4)cs3)CC2)nn1. The number of sulfonamides is 1. The highest BCUT2D eigenvalue weighted by Gasteiger charge is 2.27. The maximum absolute atomic E-state index is 13.2.